The molecule has 0 aliphatic rings. The maximum atomic E-state index is 13.6. The van der Waals surface area contributed by atoms with Gasteiger partial charge in [0.15, 0.2) is 0 Å². The minimum absolute atomic E-state index is 0.0956. The van der Waals surface area contributed by atoms with Crippen molar-refractivity contribution in [3.8, 4) is 5.75 Å². The second kappa shape index (κ2) is 6.06. The van der Waals surface area contributed by atoms with Gasteiger partial charge in [-0.1, -0.05) is 12.1 Å². The standard InChI is InChI=1S/C15H15FN2O2/c1-20-12-5-6-13(16)14(9-12)18-15(19)8-10-3-2-4-11(17)7-10/h2-7,9H,8,17H2,1H3,(H,18,19). The van der Waals surface area contributed by atoms with Crippen LogP contribution in [0.5, 0.6) is 5.75 Å². The molecule has 1 amide bonds. The summed E-state index contributed by atoms with van der Waals surface area (Å²) < 4.78 is 18.6. The van der Waals surface area contributed by atoms with E-state index in [0.29, 0.717) is 11.4 Å². The summed E-state index contributed by atoms with van der Waals surface area (Å²) in [6, 6.07) is 11.2. The predicted octanol–water partition coefficient (Wildman–Crippen LogP) is 2.60. The summed E-state index contributed by atoms with van der Waals surface area (Å²) in [5, 5.41) is 2.52. The third kappa shape index (κ3) is 3.47. The highest BCUT2D eigenvalue weighted by molar-refractivity contribution is 5.92. The molecule has 0 radical (unpaired) electrons. The first-order valence-corrected chi connectivity index (χ1v) is 6.06. The monoisotopic (exact) mass is 274 g/mol. The second-order valence-electron chi connectivity index (χ2n) is 4.32. The van der Waals surface area contributed by atoms with Crippen LogP contribution >= 0.6 is 0 Å². The number of nitrogens with two attached hydrogens (primary N) is 1. The quantitative estimate of drug-likeness (QED) is 0.842. The molecule has 2 aromatic carbocycles. The van der Waals surface area contributed by atoms with Crippen molar-refractivity contribution in [3.63, 3.8) is 0 Å². The third-order valence-electron chi connectivity index (χ3n) is 2.76. The number of anilines is 2. The van der Waals surface area contributed by atoms with Crippen LogP contribution < -0.4 is 15.8 Å². The van der Waals surface area contributed by atoms with Crippen LogP contribution in [0.1, 0.15) is 5.56 Å². The van der Waals surface area contributed by atoms with Crippen molar-refractivity contribution in [3.05, 3.63) is 53.8 Å². The van der Waals surface area contributed by atoms with Gasteiger partial charge in [-0.05, 0) is 29.8 Å². The van der Waals surface area contributed by atoms with Crippen LogP contribution in [0.2, 0.25) is 0 Å². The zero-order valence-electron chi connectivity index (χ0n) is 11.0. The summed E-state index contributed by atoms with van der Waals surface area (Å²) in [6.45, 7) is 0. The number of hydrogen-bond donors (Lipinski definition) is 2. The van der Waals surface area contributed by atoms with E-state index in [4.69, 9.17) is 10.5 Å². The molecule has 5 heteroatoms. The summed E-state index contributed by atoms with van der Waals surface area (Å²) in [5.41, 5.74) is 7.09. The molecule has 0 fully saturated rings. The maximum Gasteiger partial charge on any atom is 0.228 e. The Morgan fingerprint density at radius 2 is 2.10 bits per heavy atom. The van der Waals surface area contributed by atoms with Gasteiger partial charge in [-0.3, -0.25) is 4.79 Å². The van der Waals surface area contributed by atoms with Gasteiger partial charge in [0.05, 0.1) is 19.2 Å². The van der Waals surface area contributed by atoms with Crippen LogP contribution in [0.4, 0.5) is 15.8 Å². The molecular weight excluding hydrogens is 259 g/mol. The molecule has 0 saturated heterocycles. The van der Waals surface area contributed by atoms with Crippen molar-refractivity contribution >= 4 is 17.3 Å². The first-order valence-electron chi connectivity index (χ1n) is 6.06. The largest absolute Gasteiger partial charge is 0.497 e. The molecule has 2 aromatic rings. The van der Waals surface area contributed by atoms with Crippen LogP contribution in [0.25, 0.3) is 0 Å². The fraction of sp³-hybridized carbons (Fsp3) is 0.133. The van der Waals surface area contributed by atoms with Crippen LogP contribution in [-0.4, -0.2) is 13.0 Å². The van der Waals surface area contributed by atoms with E-state index in [9.17, 15) is 9.18 Å². The number of carbonyl (C=O) groups excluding carboxylic acids is 1. The van der Waals surface area contributed by atoms with Gasteiger partial charge in [-0.25, -0.2) is 4.39 Å². The fourth-order valence-corrected chi connectivity index (χ4v) is 1.81. The highest BCUT2D eigenvalue weighted by Crippen LogP contribution is 2.21. The summed E-state index contributed by atoms with van der Waals surface area (Å²) in [7, 11) is 1.48. The first kappa shape index (κ1) is 13.9. The minimum atomic E-state index is -0.508. The van der Waals surface area contributed by atoms with E-state index < -0.39 is 5.82 Å². The highest BCUT2D eigenvalue weighted by atomic mass is 19.1. The lowest BCUT2D eigenvalue weighted by molar-refractivity contribution is -0.115. The Kier molecular flexibility index (Phi) is 4.20. The van der Waals surface area contributed by atoms with E-state index in [1.54, 1.807) is 24.3 Å². The van der Waals surface area contributed by atoms with Gasteiger partial charge in [0, 0.05) is 11.8 Å². The number of hydrogen-bond acceptors (Lipinski definition) is 3. The van der Waals surface area contributed by atoms with Gasteiger partial charge < -0.3 is 15.8 Å². The van der Waals surface area contributed by atoms with Gasteiger partial charge >= 0.3 is 0 Å². The number of methoxy groups -OCH3 is 1. The van der Waals surface area contributed by atoms with Crippen LogP contribution in [0, 0.1) is 5.82 Å². The van der Waals surface area contributed by atoms with Crippen LogP contribution in [-0.2, 0) is 11.2 Å². The SMILES string of the molecule is COc1ccc(F)c(NC(=O)Cc2cccc(N)c2)c1. The molecule has 0 unspecified atom stereocenters. The zero-order valence-corrected chi connectivity index (χ0v) is 11.0. The number of rotatable bonds is 4. The van der Waals surface area contributed by atoms with Crippen molar-refractivity contribution in [1.29, 1.82) is 0 Å². The lowest BCUT2D eigenvalue weighted by Crippen LogP contribution is -2.15. The van der Waals surface area contributed by atoms with Gasteiger partial charge in [-0.2, -0.15) is 0 Å². The average molecular weight is 274 g/mol. The number of benzene rings is 2. The van der Waals surface area contributed by atoms with Crippen LogP contribution in [0.15, 0.2) is 42.5 Å². The van der Waals surface area contributed by atoms with Gasteiger partial charge in [0.2, 0.25) is 5.91 Å². The maximum absolute atomic E-state index is 13.6. The molecule has 0 saturated carbocycles. The van der Waals surface area contributed by atoms with E-state index in [1.165, 1.54) is 25.3 Å². The molecule has 104 valence electrons. The van der Waals surface area contributed by atoms with Crippen molar-refractivity contribution in [2.24, 2.45) is 0 Å². The molecule has 0 aliphatic heterocycles. The number of ether oxygens (including phenoxy) is 1. The Balaban J connectivity index is 2.08. The summed E-state index contributed by atoms with van der Waals surface area (Å²) in [5.74, 6) is -0.347. The lowest BCUT2D eigenvalue weighted by Gasteiger charge is -2.08. The van der Waals surface area contributed by atoms with E-state index in [2.05, 4.69) is 5.32 Å². The topological polar surface area (TPSA) is 64.3 Å². The van der Waals surface area contributed by atoms with Crippen molar-refractivity contribution < 1.29 is 13.9 Å². The van der Waals surface area contributed by atoms with Gasteiger partial charge in [-0.15, -0.1) is 0 Å². The van der Waals surface area contributed by atoms with Gasteiger partial charge in [0.1, 0.15) is 11.6 Å². The Morgan fingerprint density at radius 1 is 1.30 bits per heavy atom. The Hall–Kier alpha value is -2.56. The first-order chi connectivity index (χ1) is 9.58. The highest BCUT2D eigenvalue weighted by Gasteiger charge is 2.09. The van der Waals surface area contributed by atoms with Gasteiger partial charge in [0.25, 0.3) is 0 Å². The number of halogens is 1. The number of nitrogen functional groups attached to an aromatic ring is 1. The van der Waals surface area contributed by atoms with E-state index in [-0.39, 0.29) is 18.0 Å². The average Bonchev–Trinajstić information content (AvgIpc) is 2.41. The normalized spacial score (nSPS) is 10.1. The molecule has 0 atom stereocenters. The number of nitrogens with one attached hydrogen (secondary N) is 1. The Bertz CT molecular complexity index is 629. The molecule has 3 N–H and O–H groups in total. The Morgan fingerprint density at radius 3 is 2.80 bits per heavy atom. The number of carbonyl (C=O) groups is 1. The lowest BCUT2D eigenvalue weighted by atomic mass is 10.1. The fourth-order valence-electron chi connectivity index (χ4n) is 1.81. The molecule has 4 nitrogen and oxygen atoms in total. The molecule has 0 heterocycles. The summed E-state index contributed by atoms with van der Waals surface area (Å²) >= 11 is 0. The molecule has 0 aromatic heterocycles. The summed E-state index contributed by atoms with van der Waals surface area (Å²) in [4.78, 5) is 11.9. The molecule has 0 aliphatic carbocycles. The molecular formula is C15H15FN2O2. The predicted molar refractivity (Wildman–Crippen MR) is 76.1 cm³/mol. The molecule has 0 bridgehead atoms. The van der Waals surface area contributed by atoms with Crippen molar-refractivity contribution in [2.45, 2.75) is 6.42 Å². The zero-order chi connectivity index (χ0) is 14.5. The van der Waals surface area contributed by atoms with E-state index in [1.807, 2.05) is 0 Å². The summed E-state index contributed by atoms with van der Waals surface area (Å²) in [6.07, 6.45) is 0.127. The molecule has 0 spiro atoms. The second-order valence-corrected chi connectivity index (χ2v) is 4.32. The smallest absolute Gasteiger partial charge is 0.228 e. The van der Waals surface area contributed by atoms with E-state index >= 15 is 0 Å². The van der Waals surface area contributed by atoms with Crippen LogP contribution in [0.3, 0.4) is 0 Å². The van der Waals surface area contributed by atoms with E-state index in [0.717, 1.165) is 5.56 Å². The minimum Gasteiger partial charge on any atom is -0.497 e. The van der Waals surface area contributed by atoms with Crippen molar-refractivity contribution in [2.75, 3.05) is 18.2 Å². The number of amides is 1. The van der Waals surface area contributed by atoms with Crippen molar-refractivity contribution in [1.82, 2.24) is 0 Å². The molecule has 20 heavy (non-hydrogen) atoms. The Labute approximate surface area is 116 Å². The third-order valence-corrected chi connectivity index (χ3v) is 2.76. The molecule has 2 rings (SSSR count).